The standard InChI is InChI=1S/C13H17N3/c1-8-5-11(6-9(2)10(8)3)12-7-13(14)16(4)15-12/h5-7H,14H2,1-4H3. The van der Waals surface area contributed by atoms with Gasteiger partial charge in [-0.3, -0.25) is 4.68 Å². The lowest BCUT2D eigenvalue weighted by molar-refractivity contribution is 0.782. The molecule has 0 amide bonds. The summed E-state index contributed by atoms with van der Waals surface area (Å²) < 4.78 is 1.69. The van der Waals surface area contributed by atoms with Crippen LogP contribution in [0.1, 0.15) is 16.7 Å². The summed E-state index contributed by atoms with van der Waals surface area (Å²) in [5.74, 6) is 0.686. The fourth-order valence-electron chi connectivity index (χ4n) is 1.81. The Labute approximate surface area is 95.9 Å². The van der Waals surface area contributed by atoms with Crippen molar-refractivity contribution in [2.45, 2.75) is 20.8 Å². The van der Waals surface area contributed by atoms with Gasteiger partial charge in [-0.15, -0.1) is 0 Å². The SMILES string of the molecule is Cc1cc(-c2cc(N)n(C)n2)cc(C)c1C. The zero-order chi connectivity index (χ0) is 11.9. The van der Waals surface area contributed by atoms with Gasteiger partial charge in [-0.25, -0.2) is 0 Å². The Kier molecular flexibility index (Phi) is 2.46. The summed E-state index contributed by atoms with van der Waals surface area (Å²) in [6.07, 6.45) is 0. The molecular weight excluding hydrogens is 198 g/mol. The summed E-state index contributed by atoms with van der Waals surface area (Å²) in [6, 6.07) is 6.22. The number of benzene rings is 1. The summed E-state index contributed by atoms with van der Waals surface area (Å²) in [4.78, 5) is 0. The molecule has 1 aromatic heterocycles. The Morgan fingerprint density at radius 3 is 2.06 bits per heavy atom. The molecule has 3 nitrogen and oxygen atoms in total. The first-order valence-corrected chi connectivity index (χ1v) is 5.37. The van der Waals surface area contributed by atoms with E-state index in [2.05, 4.69) is 38.0 Å². The van der Waals surface area contributed by atoms with E-state index in [-0.39, 0.29) is 0 Å². The number of nitrogens with zero attached hydrogens (tertiary/aromatic N) is 2. The van der Waals surface area contributed by atoms with E-state index in [4.69, 9.17) is 5.73 Å². The molecule has 0 saturated carbocycles. The van der Waals surface area contributed by atoms with Gasteiger partial charge in [0, 0.05) is 18.7 Å². The smallest absolute Gasteiger partial charge is 0.121 e. The number of anilines is 1. The zero-order valence-electron chi connectivity index (χ0n) is 10.2. The summed E-state index contributed by atoms with van der Waals surface area (Å²) in [5, 5.41) is 4.38. The molecule has 0 bridgehead atoms. The Morgan fingerprint density at radius 2 is 1.62 bits per heavy atom. The van der Waals surface area contributed by atoms with Gasteiger partial charge in [0.25, 0.3) is 0 Å². The third-order valence-electron chi connectivity index (χ3n) is 3.14. The molecule has 1 aromatic carbocycles. The van der Waals surface area contributed by atoms with Crippen LogP contribution in [0.25, 0.3) is 11.3 Å². The largest absolute Gasteiger partial charge is 0.384 e. The zero-order valence-corrected chi connectivity index (χ0v) is 10.2. The molecule has 0 radical (unpaired) electrons. The van der Waals surface area contributed by atoms with E-state index in [0.717, 1.165) is 11.3 Å². The maximum atomic E-state index is 5.78. The van der Waals surface area contributed by atoms with Gasteiger partial charge in [0.05, 0.1) is 5.69 Å². The first-order valence-electron chi connectivity index (χ1n) is 5.37. The Morgan fingerprint density at radius 1 is 1.06 bits per heavy atom. The highest BCUT2D eigenvalue weighted by Crippen LogP contribution is 2.24. The van der Waals surface area contributed by atoms with Gasteiger partial charge in [-0.2, -0.15) is 5.10 Å². The first-order chi connectivity index (χ1) is 7.49. The van der Waals surface area contributed by atoms with Crippen molar-refractivity contribution in [3.8, 4) is 11.3 Å². The van der Waals surface area contributed by atoms with E-state index in [1.807, 2.05) is 13.1 Å². The molecule has 0 aliphatic carbocycles. The number of rotatable bonds is 1. The van der Waals surface area contributed by atoms with E-state index >= 15 is 0 Å². The van der Waals surface area contributed by atoms with E-state index in [0.29, 0.717) is 5.82 Å². The van der Waals surface area contributed by atoms with Crippen molar-refractivity contribution in [1.82, 2.24) is 9.78 Å². The van der Waals surface area contributed by atoms with Gasteiger partial charge < -0.3 is 5.73 Å². The summed E-state index contributed by atoms with van der Waals surface area (Å²) in [5.41, 5.74) is 11.8. The van der Waals surface area contributed by atoms with Crippen LogP contribution in [0.2, 0.25) is 0 Å². The van der Waals surface area contributed by atoms with Gasteiger partial charge >= 0.3 is 0 Å². The van der Waals surface area contributed by atoms with E-state index in [1.54, 1.807) is 4.68 Å². The molecule has 0 aliphatic rings. The van der Waals surface area contributed by atoms with Crippen molar-refractivity contribution in [2.75, 3.05) is 5.73 Å². The molecule has 2 N–H and O–H groups in total. The molecule has 0 spiro atoms. The van der Waals surface area contributed by atoms with Gasteiger partial charge in [0.15, 0.2) is 0 Å². The van der Waals surface area contributed by atoms with Gasteiger partial charge in [-0.1, -0.05) is 0 Å². The van der Waals surface area contributed by atoms with Crippen LogP contribution in [0.5, 0.6) is 0 Å². The molecule has 2 aromatic rings. The van der Waals surface area contributed by atoms with E-state index in [9.17, 15) is 0 Å². The molecule has 0 saturated heterocycles. The van der Waals surface area contributed by atoms with Crippen LogP contribution < -0.4 is 5.73 Å². The quantitative estimate of drug-likeness (QED) is 0.794. The van der Waals surface area contributed by atoms with Crippen molar-refractivity contribution < 1.29 is 0 Å². The molecule has 16 heavy (non-hydrogen) atoms. The van der Waals surface area contributed by atoms with Crippen molar-refractivity contribution in [1.29, 1.82) is 0 Å². The highest BCUT2D eigenvalue weighted by molar-refractivity contribution is 5.65. The second-order valence-electron chi connectivity index (χ2n) is 4.31. The van der Waals surface area contributed by atoms with Crippen molar-refractivity contribution >= 4 is 5.82 Å². The van der Waals surface area contributed by atoms with Crippen LogP contribution in [0.3, 0.4) is 0 Å². The Bertz CT molecular complexity index is 496. The molecular formula is C13H17N3. The average Bonchev–Trinajstić information content (AvgIpc) is 2.55. The van der Waals surface area contributed by atoms with Gasteiger partial charge in [0.2, 0.25) is 0 Å². The maximum Gasteiger partial charge on any atom is 0.121 e. The Balaban J connectivity index is 2.56. The van der Waals surface area contributed by atoms with Crippen LogP contribution >= 0.6 is 0 Å². The number of aromatic nitrogens is 2. The third kappa shape index (κ3) is 1.69. The average molecular weight is 215 g/mol. The number of hydrogen-bond acceptors (Lipinski definition) is 2. The number of hydrogen-bond donors (Lipinski definition) is 1. The molecule has 0 fully saturated rings. The second kappa shape index (κ2) is 3.67. The number of nitrogen functional groups attached to an aromatic ring is 1. The predicted molar refractivity (Wildman–Crippen MR) is 67.3 cm³/mol. The number of nitrogens with two attached hydrogens (primary N) is 1. The molecule has 0 atom stereocenters. The minimum absolute atomic E-state index is 0.686. The van der Waals surface area contributed by atoms with Crippen LogP contribution in [-0.4, -0.2) is 9.78 Å². The highest BCUT2D eigenvalue weighted by atomic mass is 15.3. The molecule has 3 heteroatoms. The molecule has 84 valence electrons. The minimum Gasteiger partial charge on any atom is -0.384 e. The molecule has 0 aliphatic heterocycles. The van der Waals surface area contributed by atoms with Crippen LogP contribution in [0, 0.1) is 20.8 Å². The van der Waals surface area contributed by atoms with Crippen LogP contribution in [-0.2, 0) is 7.05 Å². The number of aryl methyl sites for hydroxylation is 3. The fourth-order valence-corrected chi connectivity index (χ4v) is 1.81. The summed E-state index contributed by atoms with van der Waals surface area (Å²) in [7, 11) is 1.85. The normalized spacial score (nSPS) is 10.8. The maximum absolute atomic E-state index is 5.78. The lowest BCUT2D eigenvalue weighted by Crippen LogP contribution is -1.96. The van der Waals surface area contributed by atoms with E-state index in [1.165, 1.54) is 16.7 Å². The predicted octanol–water partition coefficient (Wildman–Crippen LogP) is 2.59. The van der Waals surface area contributed by atoms with Crippen molar-refractivity contribution in [3.05, 3.63) is 34.9 Å². The van der Waals surface area contributed by atoms with Crippen molar-refractivity contribution in [2.24, 2.45) is 7.05 Å². The topological polar surface area (TPSA) is 43.8 Å². The van der Waals surface area contributed by atoms with Crippen LogP contribution in [0.15, 0.2) is 18.2 Å². The molecule has 0 unspecified atom stereocenters. The summed E-state index contributed by atoms with van der Waals surface area (Å²) >= 11 is 0. The lowest BCUT2D eigenvalue weighted by Gasteiger charge is -2.07. The monoisotopic (exact) mass is 215 g/mol. The minimum atomic E-state index is 0.686. The fraction of sp³-hybridized carbons (Fsp3) is 0.308. The molecule has 2 rings (SSSR count). The van der Waals surface area contributed by atoms with Crippen molar-refractivity contribution in [3.63, 3.8) is 0 Å². The third-order valence-corrected chi connectivity index (χ3v) is 3.14. The van der Waals surface area contributed by atoms with Gasteiger partial charge in [0.1, 0.15) is 5.82 Å². The van der Waals surface area contributed by atoms with Crippen LogP contribution in [0.4, 0.5) is 5.82 Å². The summed E-state index contributed by atoms with van der Waals surface area (Å²) in [6.45, 7) is 6.39. The highest BCUT2D eigenvalue weighted by Gasteiger charge is 2.07. The molecule has 1 heterocycles. The van der Waals surface area contributed by atoms with Gasteiger partial charge in [-0.05, 0) is 49.6 Å². The lowest BCUT2D eigenvalue weighted by atomic mass is 9.99. The second-order valence-corrected chi connectivity index (χ2v) is 4.31. The van der Waals surface area contributed by atoms with E-state index < -0.39 is 0 Å². The first kappa shape index (κ1) is 10.7. The Hall–Kier alpha value is -1.77.